The smallest absolute Gasteiger partial charge is 0.354 e. The lowest BCUT2D eigenvalue weighted by Crippen LogP contribution is -2.37. The Labute approximate surface area is 212 Å². The molecular formula is C30H34N2O4. The average molecular weight is 487 g/mol. The van der Waals surface area contributed by atoms with E-state index in [1.54, 1.807) is 0 Å². The molecule has 0 amide bonds. The van der Waals surface area contributed by atoms with Gasteiger partial charge in [0.05, 0.1) is 6.61 Å². The molecule has 0 fully saturated rings. The van der Waals surface area contributed by atoms with Gasteiger partial charge in [-0.3, -0.25) is 0 Å². The summed E-state index contributed by atoms with van der Waals surface area (Å²) in [4.78, 5) is 12.7. The standard InChI is InChI=1S/C30H34N2O4/c1-3-35-30(34)29-18-25-17-24(14-15-28(25)32(29)20-23-10-6-4-7-11-23)16-22(2)31-19-26(33)21-36-27-12-8-5-9-13-27/h4-15,17-18,22,26,31,33H,3,16,19-21H2,1-2H3/t22-,26+/m1/s1. The predicted octanol–water partition coefficient (Wildman–Crippen LogP) is 4.83. The number of para-hydroxylation sites is 1. The topological polar surface area (TPSA) is 72.7 Å². The average Bonchev–Trinajstić information content (AvgIpc) is 3.25. The van der Waals surface area contributed by atoms with E-state index in [4.69, 9.17) is 9.47 Å². The van der Waals surface area contributed by atoms with Crippen molar-refractivity contribution in [2.75, 3.05) is 19.8 Å². The van der Waals surface area contributed by atoms with Crippen LogP contribution in [0.3, 0.4) is 0 Å². The summed E-state index contributed by atoms with van der Waals surface area (Å²) < 4.78 is 13.0. The Kier molecular flexibility index (Phi) is 8.76. The molecule has 0 aliphatic rings. The lowest BCUT2D eigenvalue weighted by Gasteiger charge is -2.18. The van der Waals surface area contributed by atoms with E-state index in [0.717, 1.165) is 34.2 Å². The third-order valence-electron chi connectivity index (χ3n) is 6.06. The summed E-state index contributed by atoms with van der Waals surface area (Å²) in [6, 6.07) is 28.0. The van der Waals surface area contributed by atoms with Crippen LogP contribution in [0, 0.1) is 0 Å². The molecule has 0 spiro atoms. The van der Waals surface area contributed by atoms with Crippen LogP contribution in [-0.4, -0.2) is 47.5 Å². The first kappa shape index (κ1) is 25.5. The Morgan fingerprint density at radius 1 is 0.972 bits per heavy atom. The van der Waals surface area contributed by atoms with E-state index in [0.29, 0.717) is 25.4 Å². The van der Waals surface area contributed by atoms with Gasteiger partial charge >= 0.3 is 5.97 Å². The third-order valence-corrected chi connectivity index (χ3v) is 6.06. The van der Waals surface area contributed by atoms with Gasteiger partial charge in [-0.2, -0.15) is 0 Å². The summed E-state index contributed by atoms with van der Waals surface area (Å²) in [5.41, 5.74) is 3.84. The van der Waals surface area contributed by atoms with Gasteiger partial charge in [0, 0.05) is 30.0 Å². The molecule has 0 bridgehead atoms. The van der Waals surface area contributed by atoms with Crippen LogP contribution >= 0.6 is 0 Å². The summed E-state index contributed by atoms with van der Waals surface area (Å²) >= 11 is 0. The van der Waals surface area contributed by atoms with E-state index in [9.17, 15) is 9.90 Å². The van der Waals surface area contributed by atoms with Gasteiger partial charge < -0.3 is 24.5 Å². The Bertz CT molecular complexity index is 1250. The number of aromatic nitrogens is 1. The van der Waals surface area contributed by atoms with Crippen LogP contribution in [-0.2, 0) is 17.7 Å². The zero-order valence-corrected chi connectivity index (χ0v) is 20.9. The van der Waals surface area contributed by atoms with E-state index >= 15 is 0 Å². The number of nitrogens with zero attached hydrogens (tertiary/aromatic N) is 1. The largest absolute Gasteiger partial charge is 0.491 e. The second-order valence-corrected chi connectivity index (χ2v) is 9.01. The zero-order chi connectivity index (χ0) is 25.3. The van der Waals surface area contributed by atoms with Crippen LogP contribution in [0.1, 0.15) is 35.5 Å². The molecule has 4 rings (SSSR count). The highest BCUT2D eigenvalue weighted by molar-refractivity contribution is 5.96. The van der Waals surface area contributed by atoms with Crippen molar-refractivity contribution < 1.29 is 19.4 Å². The normalized spacial score (nSPS) is 12.9. The number of carbonyl (C=O) groups is 1. The number of aliphatic hydroxyl groups is 1. The fourth-order valence-corrected chi connectivity index (χ4v) is 4.29. The van der Waals surface area contributed by atoms with Gasteiger partial charge in [-0.1, -0.05) is 54.6 Å². The molecule has 0 saturated heterocycles. The molecule has 6 nitrogen and oxygen atoms in total. The maximum Gasteiger partial charge on any atom is 0.354 e. The van der Waals surface area contributed by atoms with Gasteiger partial charge in [-0.25, -0.2) is 4.79 Å². The summed E-state index contributed by atoms with van der Waals surface area (Å²) in [7, 11) is 0. The van der Waals surface area contributed by atoms with Crippen LogP contribution in [0.4, 0.5) is 0 Å². The molecule has 0 saturated carbocycles. The van der Waals surface area contributed by atoms with Crippen LogP contribution in [0.2, 0.25) is 0 Å². The summed E-state index contributed by atoms with van der Waals surface area (Å²) in [6.07, 6.45) is 0.190. The number of esters is 1. The minimum absolute atomic E-state index is 0.157. The van der Waals surface area contributed by atoms with Crippen LogP contribution in [0.25, 0.3) is 10.9 Å². The quantitative estimate of drug-likeness (QED) is 0.281. The minimum atomic E-state index is -0.603. The Morgan fingerprint density at radius 2 is 1.69 bits per heavy atom. The maximum atomic E-state index is 12.7. The second kappa shape index (κ2) is 12.4. The maximum absolute atomic E-state index is 12.7. The van der Waals surface area contributed by atoms with Crippen molar-refractivity contribution >= 4 is 16.9 Å². The molecule has 3 aromatic carbocycles. The van der Waals surface area contributed by atoms with Crippen LogP contribution < -0.4 is 10.1 Å². The molecule has 188 valence electrons. The van der Waals surface area contributed by atoms with Crippen LogP contribution in [0.15, 0.2) is 84.9 Å². The molecule has 1 aromatic heterocycles. The first-order valence-corrected chi connectivity index (χ1v) is 12.5. The number of hydrogen-bond donors (Lipinski definition) is 2. The number of benzene rings is 3. The monoisotopic (exact) mass is 486 g/mol. The van der Waals surface area contributed by atoms with E-state index < -0.39 is 6.10 Å². The van der Waals surface area contributed by atoms with Crippen molar-refractivity contribution in [2.24, 2.45) is 0 Å². The molecule has 0 aliphatic heterocycles. The summed E-state index contributed by atoms with van der Waals surface area (Å²) in [5.74, 6) is 0.437. The Hall–Kier alpha value is -3.61. The number of aliphatic hydroxyl groups excluding tert-OH is 1. The van der Waals surface area contributed by atoms with Crippen molar-refractivity contribution in [3.05, 3.63) is 102 Å². The van der Waals surface area contributed by atoms with Crippen molar-refractivity contribution in [3.63, 3.8) is 0 Å². The highest BCUT2D eigenvalue weighted by Crippen LogP contribution is 2.24. The van der Waals surface area contributed by atoms with Crippen LogP contribution in [0.5, 0.6) is 5.75 Å². The summed E-state index contributed by atoms with van der Waals surface area (Å²) in [5, 5.41) is 14.7. The van der Waals surface area contributed by atoms with Gasteiger partial charge in [0.1, 0.15) is 24.2 Å². The lowest BCUT2D eigenvalue weighted by molar-refractivity contribution is 0.0515. The summed E-state index contributed by atoms with van der Waals surface area (Å²) in [6.45, 7) is 5.53. The third kappa shape index (κ3) is 6.74. The Balaban J connectivity index is 1.41. The highest BCUT2D eigenvalue weighted by atomic mass is 16.5. The molecule has 1 heterocycles. The number of nitrogens with one attached hydrogen (secondary N) is 1. The molecule has 6 heteroatoms. The molecule has 2 N–H and O–H groups in total. The number of rotatable bonds is 12. The van der Waals surface area contributed by atoms with Gasteiger partial charge in [0.2, 0.25) is 0 Å². The fraction of sp³-hybridized carbons (Fsp3) is 0.300. The molecule has 2 atom stereocenters. The second-order valence-electron chi connectivity index (χ2n) is 9.01. The first-order valence-electron chi connectivity index (χ1n) is 12.5. The van der Waals surface area contributed by atoms with Gasteiger partial charge in [-0.15, -0.1) is 0 Å². The van der Waals surface area contributed by atoms with E-state index in [1.807, 2.05) is 66.1 Å². The van der Waals surface area contributed by atoms with Crippen molar-refractivity contribution in [1.29, 1.82) is 0 Å². The molecule has 0 radical (unpaired) electrons. The molecule has 36 heavy (non-hydrogen) atoms. The van der Waals surface area contributed by atoms with Gasteiger partial charge in [0.15, 0.2) is 0 Å². The molecule has 0 aliphatic carbocycles. The lowest BCUT2D eigenvalue weighted by atomic mass is 10.0. The van der Waals surface area contributed by atoms with E-state index in [2.05, 4.69) is 42.6 Å². The number of hydrogen-bond acceptors (Lipinski definition) is 5. The minimum Gasteiger partial charge on any atom is -0.491 e. The zero-order valence-electron chi connectivity index (χ0n) is 20.9. The molecule has 4 aromatic rings. The number of carbonyl (C=O) groups excluding carboxylic acids is 1. The van der Waals surface area contributed by atoms with Crippen molar-refractivity contribution in [1.82, 2.24) is 9.88 Å². The number of ether oxygens (including phenoxy) is 2. The van der Waals surface area contributed by atoms with Crippen molar-refractivity contribution in [2.45, 2.75) is 39.0 Å². The number of fused-ring (bicyclic) bond motifs is 1. The first-order chi connectivity index (χ1) is 17.5. The van der Waals surface area contributed by atoms with E-state index in [-0.39, 0.29) is 18.6 Å². The van der Waals surface area contributed by atoms with Crippen molar-refractivity contribution in [3.8, 4) is 5.75 Å². The highest BCUT2D eigenvalue weighted by Gasteiger charge is 2.18. The van der Waals surface area contributed by atoms with E-state index in [1.165, 1.54) is 0 Å². The Morgan fingerprint density at radius 3 is 2.42 bits per heavy atom. The predicted molar refractivity (Wildman–Crippen MR) is 143 cm³/mol. The van der Waals surface area contributed by atoms with Gasteiger partial charge in [-0.05, 0) is 61.7 Å². The molecular weight excluding hydrogens is 452 g/mol. The molecule has 0 unspecified atom stereocenters. The SMILES string of the molecule is CCOC(=O)c1cc2cc(C[C@@H](C)NC[C@H](O)COc3ccccc3)ccc2n1Cc1ccccc1. The van der Waals surface area contributed by atoms with Gasteiger partial charge in [0.25, 0.3) is 0 Å². The fourth-order valence-electron chi connectivity index (χ4n) is 4.29.